The predicted octanol–water partition coefficient (Wildman–Crippen LogP) is 2.49. The van der Waals surface area contributed by atoms with Crippen LogP contribution in [0.15, 0.2) is 59.1 Å². The summed E-state index contributed by atoms with van der Waals surface area (Å²) in [6.07, 6.45) is 4.98. The van der Waals surface area contributed by atoms with Crippen LogP contribution in [0.1, 0.15) is 10.4 Å². The summed E-state index contributed by atoms with van der Waals surface area (Å²) in [5.41, 5.74) is 1.37. The summed E-state index contributed by atoms with van der Waals surface area (Å²) in [7, 11) is 1.60. The van der Waals surface area contributed by atoms with Crippen molar-refractivity contribution in [2.24, 2.45) is 0 Å². The van der Waals surface area contributed by atoms with Crippen LogP contribution in [0.3, 0.4) is 0 Å². The molecule has 0 bridgehead atoms. The highest BCUT2D eigenvalue weighted by Gasteiger charge is 2.24. The van der Waals surface area contributed by atoms with Gasteiger partial charge in [0.25, 0.3) is 11.5 Å². The van der Waals surface area contributed by atoms with Crippen LogP contribution in [0, 0.1) is 0 Å². The number of aromatic nitrogens is 4. The molecule has 28 heavy (non-hydrogen) atoms. The predicted molar refractivity (Wildman–Crippen MR) is 106 cm³/mol. The first-order chi connectivity index (χ1) is 13.7. The molecule has 0 saturated heterocycles. The van der Waals surface area contributed by atoms with Gasteiger partial charge in [0, 0.05) is 37.6 Å². The number of amides is 1. The van der Waals surface area contributed by atoms with Gasteiger partial charge in [-0.2, -0.15) is 9.78 Å². The Hall–Kier alpha value is -3.30. The molecule has 2 aliphatic rings. The fourth-order valence-corrected chi connectivity index (χ4v) is 3.37. The minimum Gasteiger partial charge on any atom is -0.383 e. The van der Waals surface area contributed by atoms with Crippen molar-refractivity contribution in [2.45, 2.75) is 6.54 Å². The summed E-state index contributed by atoms with van der Waals surface area (Å²) in [6, 6.07) is 9.11. The Balaban J connectivity index is 1.84. The Kier molecular flexibility index (Phi) is 5.00. The molecule has 8 nitrogen and oxygen atoms in total. The van der Waals surface area contributed by atoms with E-state index in [0.29, 0.717) is 40.8 Å². The Morgan fingerprint density at radius 2 is 2.07 bits per heavy atom. The van der Waals surface area contributed by atoms with E-state index in [1.165, 1.54) is 16.0 Å². The number of anilines is 1. The molecular formula is C19H17N5O3S. The van der Waals surface area contributed by atoms with E-state index in [-0.39, 0.29) is 11.5 Å². The minimum atomic E-state index is -0.371. The van der Waals surface area contributed by atoms with E-state index in [9.17, 15) is 9.59 Å². The largest absolute Gasteiger partial charge is 0.383 e. The van der Waals surface area contributed by atoms with Crippen LogP contribution in [-0.2, 0) is 11.3 Å². The number of benzene rings is 1. The van der Waals surface area contributed by atoms with Crippen molar-refractivity contribution in [3.63, 3.8) is 0 Å². The maximum absolute atomic E-state index is 13.0. The Morgan fingerprint density at radius 3 is 2.79 bits per heavy atom. The highest BCUT2D eigenvalue weighted by molar-refractivity contribution is 7.13. The van der Waals surface area contributed by atoms with Crippen molar-refractivity contribution in [1.82, 2.24) is 19.3 Å². The average molecular weight is 395 g/mol. The molecule has 1 N–H and O–H groups in total. The maximum Gasteiger partial charge on any atom is 0.282 e. The van der Waals surface area contributed by atoms with Gasteiger partial charge >= 0.3 is 0 Å². The second kappa shape index (κ2) is 7.75. The van der Waals surface area contributed by atoms with Crippen LogP contribution >= 0.6 is 11.3 Å². The number of ether oxygens (including phenoxy) is 1. The third kappa shape index (κ3) is 3.45. The molecule has 2 aromatic rings. The van der Waals surface area contributed by atoms with E-state index in [4.69, 9.17) is 4.74 Å². The molecule has 0 aliphatic carbocycles. The Labute approximate surface area is 164 Å². The second-order valence-electron chi connectivity index (χ2n) is 6.01. The molecule has 4 rings (SSSR count). The van der Waals surface area contributed by atoms with Gasteiger partial charge in [-0.3, -0.25) is 14.9 Å². The van der Waals surface area contributed by atoms with Gasteiger partial charge in [0.1, 0.15) is 5.69 Å². The van der Waals surface area contributed by atoms with E-state index in [2.05, 4.69) is 15.4 Å². The molecule has 0 spiro atoms. The fourth-order valence-electron chi connectivity index (χ4n) is 2.85. The first-order valence-electron chi connectivity index (χ1n) is 8.55. The van der Waals surface area contributed by atoms with Crippen molar-refractivity contribution < 1.29 is 9.53 Å². The first kappa shape index (κ1) is 18.1. The molecule has 2 aliphatic heterocycles. The molecule has 142 valence electrons. The number of carbonyl (C=O) groups is 1. The molecule has 3 heterocycles. The number of hydrogen-bond acceptors (Lipinski definition) is 6. The zero-order valence-corrected chi connectivity index (χ0v) is 15.8. The number of rotatable bonds is 6. The quantitative estimate of drug-likeness (QED) is 0.542. The fraction of sp³-hybridized carbons (Fsp3) is 0.158. The van der Waals surface area contributed by atoms with Crippen molar-refractivity contribution >= 4 is 22.4 Å². The van der Waals surface area contributed by atoms with Crippen molar-refractivity contribution in [1.29, 1.82) is 0 Å². The van der Waals surface area contributed by atoms with Gasteiger partial charge in [-0.25, -0.2) is 4.98 Å². The van der Waals surface area contributed by atoms with Crippen molar-refractivity contribution in [3.05, 3.63) is 70.2 Å². The van der Waals surface area contributed by atoms with E-state index in [1.54, 1.807) is 47.8 Å². The number of nitrogens with one attached hydrogen (secondary N) is 1. The molecule has 1 amide bonds. The van der Waals surface area contributed by atoms with Crippen LogP contribution in [0.4, 0.5) is 5.13 Å². The monoisotopic (exact) mass is 395 g/mol. The van der Waals surface area contributed by atoms with Crippen molar-refractivity contribution in [3.8, 4) is 16.9 Å². The van der Waals surface area contributed by atoms with Gasteiger partial charge in [-0.05, 0) is 12.1 Å². The highest BCUT2D eigenvalue weighted by Crippen LogP contribution is 2.23. The number of nitrogens with zero attached hydrogens (tertiary/aromatic N) is 4. The average Bonchev–Trinajstić information content (AvgIpc) is 3.34. The Morgan fingerprint density at radius 1 is 1.25 bits per heavy atom. The summed E-state index contributed by atoms with van der Waals surface area (Å²) in [4.78, 5) is 29.9. The molecule has 1 aromatic carbocycles. The molecule has 1 aromatic heterocycles. The van der Waals surface area contributed by atoms with E-state index >= 15 is 0 Å². The van der Waals surface area contributed by atoms with Gasteiger partial charge < -0.3 is 9.30 Å². The second-order valence-corrected chi connectivity index (χ2v) is 6.90. The minimum absolute atomic E-state index is 0.281. The maximum atomic E-state index is 13.0. The number of para-hydroxylation sites is 1. The summed E-state index contributed by atoms with van der Waals surface area (Å²) < 4.78 is 8.20. The van der Waals surface area contributed by atoms with Gasteiger partial charge in [-0.1, -0.05) is 18.2 Å². The highest BCUT2D eigenvalue weighted by atomic mass is 32.1. The number of fused-ring (bicyclic) bond motifs is 1. The van der Waals surface area contributed by atoms with E-state index in [0.717, 1.165) is 0 Å². The standard InChI is InChI=1S/C19H17N5O3S/c1-27-9-8-23-11-14(17(25)21-19-20-7-10-28-19)16-15(12-23)18(26)24(22-16)13-5-3-2-4-6-13/h2-7,10-12H,8-9H2,1H3,(H,20,21,25). The number of methoxy groups -OCH3 is 1. The van der Waals surface area contributed by atoms with Gasteiger partial charge in [0.15, 0.2) is 5.13 Å². The molecule has 0 fully saturated rings. The molecule has 0 saturated carbocycles. The van der Waals surface area contributed by atoms with Crippen LogP contribution in [0.25, 0.3) is 16.9 Å². The SMILES string of the molecule is COCCn1cc(C(=O)Nc2nccs2)c2nn(-c3ccccc3)c(=O)c-2c1. The smallest absolute Gasteiger partial charge is 0.282 e. The lowest BCUT2D eigenvalue weighted by atomic mass is 10.1. The Bertz CT molecular complexity index is 1120. The van der Waals surface area contributed by atoms with Crippen molar-refractivity contribution in [2.75, 3.05) is 19.0 Å². The number of pyridine rings is 1. The molecule has 0 radical (unpaired) electrons. The first-order valence-corrected chi connectivity index (χ1v) is 9.43. The number of carbonyl (C=O) groups excluding carboxylic acids is 1. The van der Waals surface area contributed by atoms with Gasteiger partial charge in [0.05, 0.1) is 23.4 Å². The van der Waals surface area contributed by atoms with Crippen LogP contribution in [0.5, 0.6) is 0 Å². The lowest BCUT2D eigenvalue weighted by molar-refractivity contribution is 0.102. The van der Waals surface area contributed by atoms with E-state index in [1.807, 2.05) is 18.2 Å². The zero-order chi connectivity index (χ0) is 19.5. The van der Waals surface area contributed by atoms with E-state index < -0.39 is 0 Å². The summed E-state index contributed by atoms with van der Waals surface area (Å²) in [5, 5.41) is 9.45. The summed E-state index contributed by atoms with van der Waals surface area (Å²) in [6.45, 7) is 0.949. The zero-order valence-electron chi connectivity index (χ0n) is 15.0. The molecule has 9 heteroatoms. The lowest BCUT2D eigenvalue weighted by Gasteiger charge is -2.11. The molecule has 0 unspecified atom stereocenters. The topological polar surface area (TPSA) is 91.0 Å². The molecule has 0 atom stereocenters. The summed E-state index contributed by atoms with van der Waals surface area (Å²) in [5.74, 6) is -0.371. The van der Waals surface area contributed by atoms with Crippen LogP contribution in [0.2, 0.25) is 0 Å². The normalized spacial score (nSPS) is 11.0. The van der Waals surface area contributed by atoms with Crippen LogP contribution in [-0.4, -0.2) is 39.0 Å². The van der Waals surface area contributed by atoms with Gasteiger partial charge in [0.2, 0.25) is 0 Å². The molecular weight excluding hydrogens is 378 g/mol. The summed E-state index contributed by atoms with van der Waals surface area (Å²) >= 11 is 1.32. The van der Waals surface area contributed by atoms with Gasteiger partial charge in [-0.15, -0.1) is 11.3 Å². The lowest BCUT2D eigenvalue weighted by Crippen LogP contribution is -2.18. The number of thiazole rings is 1. The third-order valence-electron chi connectivity index (χ3n) is 4.17. The number of hydrogen-bond donors (Lipinski definition) is 1. The van der Waals surface area contributed by atoms with Crippen LogP contribution < -0.4 is 10.9 Å². The third-order valence-corrected chi connectivity index (χ3v) is 4.86.